The van der Waals surface area contributed by atoms with Gasteiger partial charge in [0.1, 0.15) is 0 Å². The van der Waals surface area contributed by atoms with Crippen molar-refractivity contribution in [1.82, 2.24) is 4.90 Å². The molecule has 1 saturated heterocycles. The minimum atomic E-state index is -0.789. The Morgan fingerprint density at radius 1 is 0.931 bits per heavy atom. The second kappa shape index (κ2) is 8.07. The van der Waals surface area contributed by atoms with Crippen molar-refractivity contribution < 1.29 is 19.5 Å². The molecular weight excluding hydrogens is 368 g/mol. The Hall–Kier alpha value is -3.15. The maximum Gasteiger partial charge on any atom is 0.306 e. The molecule has 2 unspecified atom stereocenters. The van der Waals surface area contributed by atoms with Crippen LogP contribution in [0.5, 0.6) is 0 Å². The quantitative estimate of drug-likeness (QED) is 0.817. The van der Waals surface area contributed by atoms with Crippen molar-refractivity contribution in [3.05, 3.63) is 65.7 Å². The molecule has 1 aliphatic heterocycles. The highest BCUT2D eigenvalue weighted by Crippen LogP contribution is 2.47. The molecule has 2 atom stereocenters. The fraction of sp³-hybridized carbons (Fsp3) is 0.348. The number of carbonyl (C=O) groups is 3. The minimum Gasteiger partial charge on any atom is -0.481 e. The molecule has 2 amide bonds. The van der Waals surface area contributed by atoms with E-state index in [2.05, 4.69) is 17.4 Å². The molecule has 2 N–H and O–H groups in total. The first-order chi connectivity index (χ1) is 14.0. The number of aliphatic carboxylic acids is 1. The van der Waals surface area contributed by atoms with Crippen molar-refractivity contribution in [2.75, 3.05) is 18.4 Å². The number of carbonyl (C=O) groups excluding carboxylic acids is 2. The van der Waals surface area contributed by atoms with E-state index in [0.717, 1.165) is 6.42 Å². The van der Waals surface area contributed by atoms with E-state index in [1.165, 1.54) is 5.56 Å². The minimum absolute atomic E-state index is 0.00533. The molecule has 0 spiro atoms. The van der Waals surface area contributed by atoms with Gasteiger partial charge in [-0.05, 0) is 55.0 Å². The van der Waals surface area contributed by atoms with Crippen LogP contribution < -0.4 is 5.32 Å². The maximum atomic E-state index is 12.6. The van der Waals surface area contributed by atoms with Crippen LogP contribution in [0.2, 0.25) is 0 Å². The molecular formula is C23H24N2O4. The van der Waals surface area contributed by atoms with Crippen LogP contribution in [0.3, 0.4) is 0 Å². The predicted molar refractivity (Wildman–Crippen MR) is 109 cm³/mol. The van der Waals surface area contributed by atoms with Crippen LogP contribution in [0.4, 0.5) is 5.69 Å². The predicted octanol–water partition coefficient (Wildman–Crippen LogP) is 3.37. The van der Waals surface area contributed by atoms with Crippen molar-refractivity contribution in [3.63, 3.8) is 0 Å². The third kappa shape index (κ3) is 4.31. The average Bonchev–Trinajstić information content (AvgIpc) is 3.56. The van der Waals surface area contributed by atoms with Crippen molar-refractivity contribution in [1.29, 1.82) is 0 Å². The Kier molecular flexibility index (Phi) is 5.34. The number of piperidine rings is 1. The van der Waals surface area contributed by atoms with E-state index in [9.17, 15) is 14.4 Å². The normalized spacial score (nSPS) is 21.4. The standard InChI is InChI=1S/C23H24N2O4/c26-21(20-14-19(20)15-4-2-1-3-5-15)24-18-8-6-16(7-9-18)22(27)25-12-10-17(11-13-25)23(28)29/h1-9,17,19-20H,10-14H2,(H,24,26)(H,28,29). The maximum absolute atomic E-state index is 12.6. The van der Waals surface area contributed by atoms with Gasteiger partial charge in [-0.1, -0.05) is 30.3 Å². The summed E-state index contributed by atoms with van der Waals surface area (Å²) < 4.78 is 0. The van der Waals surface area contributed by atoms with Gasteiger partial charge in [-0.2, -0.15) is 0 Å². The second-order valence-electron chi connectivity index (χ2n) is 7.83. The third-order valence-corrected chi connectivity index (χ3v) is 5.89. The summed E-state index contributed by atoms with van der Waals surface area (Å²) in [6.07, 6.45) is 1.83. The Morgan fingerprint density at radius 3 is 2.21 bits per heavy atom. The molecule has 2 fully saturated rings. The Labute approximate surface area is 169 Å². The first-order valence-electron chi connectivity index (χ1n) is 10.0. The lowest BCUT2D eigenvalue weighted by Crippen LogP contribution is -2.40. The number of rotatable bonds is 5. The van der Waals surface area contributed by atoms with Crippen molar-refractivity contribution >= 4 is 23.5 Å². The zero-order valence-electron chi connectivity index (χ0n) is 16.1. The summed E-state index contributed by atoms with van der Waals surface area (Å²) in [5, 5.41) is 12.0. The number of amides is 2. The molecule has 6 heteroatoms. The summed E-state index contributed by atoms with van der Waals surface area (Å²) in [7, 11) is 0. The smallest absolute Gasteiger partial charge is 0.306 e. The molecule has 29 heavy (non-hydrogen) atoms. The first kappa shape index (κ1) is 19.2. The van der Waals surface area contributed by atoms with Crippen LogP contribution >= 0.6 is 0 Å². The van der Waals surface area contributed by atoms with Gasteiger partial charge >= 0.3 is 5.97 Å². The van der Waals surface area contributed by atoms with Gasteiger partial charge in [0.05, 0.1) is 5.92 Å². The van der Waals surface area contributed by atoms with E-state index in [1.807, 2.05) is 18.2 Å². The molecule has 150 valence electrons. The number of anilines is 1. The Bertz CT molecular complexity index is 902. The van der Waals surface area contributed by atoms with Gasteiger partial charge in [0.15, 0.2) is 0 Å². The molecule has 0 aromatic heterocycles. The number of nitrogens with one attached hydrogen (secondary N) is 1. The molecule has 1 heterocycles. The van der Waals surface area contributed by atoms with Crippen LogP contribution in [-0.4, -0.2) is 40.9 Å². The largest absolute Gasteiger partial charge is 0.481 e. The summed E-state index contributed by atoms with van der Waals surface area (Å²) in [6.45, 7) is 0.910. The van der Waals surface area contributed by atoms with E-state index >= 15 is 0 Å². The number of nitrogens with zero attached hydrogens (tertiary/aromatic N) is 1. The number of carboxylic acids is 1. The van der Waals surface area contributed by atoms with Gasteiger partial charge in [-0.3, -0.25) is 14.4 Å². The molecule has 1 aliphatic carbocycles. The zero-order chi connectivity index (χ0) is 20.4. The Morgan fingerprint density at radius 2 is 1.59 bits per heavy atom. The monoisotopic (exact) mass is 392 g/mol. The SMILES string of the molecule is O=C(O)C1CCN(C(=O)c2ccc(NC(=O)C3CC3c3ccccc3)cc2)CC1. The topological polar surface area (TPSA) is 86.7 Å². The number of benzene rings is 2. The van der Waals surface area contributed by atoms with Crippen LogP contribution in [0.15, 0.2) is 54.6 Å². The highest BCUT2D eigenvalue weighted by atomic mass is 16.4. The number of likely N-dealkylation sites (tertiary alicyclic amines) is 1. The molecule has 1 saturated carbocycles. The lowest BCUT2D eigenvalue weighted by molar-refractivity contribution is -0.143. The lowest BCUT2D eigenvalue weighted by Gasteiger charge is -2.30. The van der Waals surface area contributed by atoms with Crippen molar-refractivity contribution in [2.45, 2.75) is 25.2 Å². The van der Waals surface area contributed by atoms with Crippen molar-refractivity contribution in [2.24, 2.45) is 11.8 Å². The fourth-order valence-corrected chi connectivity index (χ4v) is 4.00. The van der Waals surface area contributed by atoms with E-state index in [-0.39, 0.29) is 29.6 Å². The summed E-state index contributed by atoms with van der Waals surface area (Å²) in [5.41, 5.74) is 2.42. The van der Waals surface area contributed by atoms with Gasteiger partial charge < -0.3 is 15.3 Å². The number of hydrogen-bond donors (Lipinski definition) is 2. The summed E-state index contributed by atoms with van der Waals surface area (Å²) >= 11 is 0. The lowest BCUT2D eigenvalue weighted by atomic mass is 9.96. The van der Waals surface area contributed by atoms with Gasteiger partial charge in [-0.15, -0.1) is 0 Å². The number of carboxylic acid groups (broad SMARTS) is 1. The van der Waals surface area contributed by atoms with Crippen LogP contribution in [0, 0.1) is 11.8 Å². The molecule has 0 radical (unpaired) electrons. The average molecular weight is 392 g/mol. The van der Waals surface area contributed by atoms with Crippen LogP contribution in [0.25, 0.3) is 0 Å². The van der Waals surface area contributed by atoms with E-state index in [0.29, 0.717) is 37.2 Å². The summed E-state index contributed by atoms with van der Waals surface area (Å²) in [6, 6.07) is 17.0. The van der Waals surface area contributed by atoms with E-state index in [4.69, 9.17) is 5.11 Å². The summed E-state index contributed by atoms with van der Waals surface area (Å²) in [5.74, 6) is -0.965. The molecule has 2 aromatic carbocycles. The second-order valence-corrected chi connectivity index (χ2v) is 7.83. The zero-order valence-corrected chi connectivity index (χ0v) is 16.1. The Balaban J connectivity index is 1.31. The third-order valence-electron chi connectivity index (χ3n) is 5.89. The van der Waals surface area contributed by atoms with E-state index in [1.54, 1.807) is 29.2 Å². The van der Waals surface area contributed by atoms with Gasteiger partial charge in [-0.25, -0.2) is 0 Å². The van der Waals surface area contributed by atoms with E-state index < -0.39 is 5.97 Å². The molecule has 6 nitrogen and oxygen atoms in total. The molecule has 0 bridgehead atoms. The van der Waals surface area contributed by atoms with Crippen molar-refractivity contribution in [3.8, 4) is 0 Å². The first-order valence-corrected chi connectivity index (χ1v) is 10.0. The fourth-order valence-electron chi connectivity index (χ4n) is 4.00. The molecule has 2 aliphatic rings. The van der Waals surface area contributed by atoms with Gasteiger partial charge in [0.25, 0.3) is 5.91 Å². The van der Waals surface area contributed by atoms with Crippen LogP contribution in [0.1, 0.15) is 41.1 Å². The van der Waals surface area contributed by atoms with Gasteiger partial charge in [0, 0.05) is 30.3 Å². The highest BCUT2D eigenvalue weighted by Gasteiger charge is 2.43. The highest BCUT2D eigenvalue weighted by molar-refractivity contribution is 5.97. The molecule has 2 aromatic rings. The number of hydrogen-bond acceptors (Lipinski definition) is 3. The molecule has 4 rings (SSSR count). The van der Waals surface area contributed by atoms with Crippen LogP contribution in [-0.2, 0) is 9.59 Å². The summed E-state index contributed by atoms with van der Waals surface area (Å²) in [4.78, 5) is 37.8. The van der Waals surface area contributed by atoms with Gasteiger partial charge in [0.2, 0.25) is 5.91 Å².